The standard InChI is InChI=1S/C17H15NO4/c1-10(19)21-15-8-6-12-5-7-14-13(4-3-9-18-14)16(12)17(15)22-11(2)20/h3-9,15,17H,1-2H3. The summed E-state index contributed by atoms with van der Waals surface area (Å²) in [6.07, 6.45) is 4.00. The average Bonchev–Trinajstić information content (AvgIpc) is 2.48. The van der Waals surface area contributed by atoms with E-state index in [1.165, 1.54) is 13.8 Å². The summed E-state index contributed by atoms with van der Waals surface area (Å²) < 4.78 is 10.7. The van der Waals surface area contributed by atoms with Crippen LogP contribution in [0.5, 0.6) is 0 Å². The van der Waals surface area contributed by atoms with Crippen LogP contribution >= 0.6 is 0 Å². The van der Waals surface area contributed by atoms with Crippen molar-refractivity contribution in [3.8, 4) is 0 Å². The Hall–Kier alpha value is -2.69. The maximum Gasteiger partial charge on any atom is 0.303 e. The topological polar surface area (TPSA) is 65.5 Å². The lowest BCUT2D eigenvalue weighted by molar-refractivity contribution is -0.162. The predicted octanol–water partition coefficient (Wildman–Crippen LogP) is 2.80. The van der Waals surface area contributed by atoms with E-state index in [0.717, 1.165) is 22.0 Å². The van der Waals surface area contributed by atoms with Gasteiger partial charge in [0.1, 0.15) is 0 Å². The molecule has 1 heterocycles. The van der Waals surface area contributed by atoms with Crippen molar-refractivity contribution in [1.29, 1.82) is 0 Å². The Balaban J connectivity index is 2.17. The van der Waals surface area contributed by atoms with Crippen LogP contribution in [0.2, 0.25) is 0 Å². The molecule has 5 nitrogen and oxygen atoms in total. The molecule has 2 aromatic rings. The van der Waals surface area contributed by atoms with Crippen molar-refractivity contribution >= 4 is 28.9 Å². The third-order valence-corrected chi connectivity index (χ3v) is 3.50. The Morgan fingerprint density at radius 3 is 2.59 bits per heavy atom. The Morgan fingerprint density at radius 2 is 1.86 bits per heavy atom. The molecule has 0 N–H and O–H groups in total. The van der Waals surface area contributed by atoms with Gasteiger partial charge >= 0.3 is 11.9 Å². The molecule has 1 aromatic carbocycles. The van der Waals surface area contributed by atoms with Crippen molar-refractivity contribution in [1.82, 2.24) is 4.98 Å². The number of hydrogen-bond donors (Lipinski definition) is 0. The lowest BCUT2D eigenvalue weighted by Gasteiger charge is -2.29. The first-order chi connectivity index (χ1) is 10.6. The number of fused-ring (bicyclic) bond motifs is 3. The zero-order chi connectivity index (χ0) is 15.7. The van der Waals surface area contributed by atoms with E-state index in [1.807, 2.05) is 30.3 Å². The molecule has 0 bridgehead atoms. The van der Waals surface area contributed by atoms with Gasteiger partial charge in [0.2, 0.25) is 0 Å². The molecule has 0 saturated carbocycles. The second-order valence-electron chi connectivity index (χ2n) is 5.10. The van der Waals surface area contributed by atoms with Gasteiger partial charge in [-0.2, -0.15) is 0 Å². The zero-order valence-electron chi connectivity index (χ0n) is 12.3. The average molecular weight is 297 g/mol. The summed E-state index contributed by atoms with van der Waals surface area (Å²) in [5.74, 6) is -0.849. The first kappa shape index (κ1) is 14.3. The quantitative estimate of drug-likeness (QED) is 0.797. The van der Waals surface area contributed by atoms with Crippen LogP contribution in [0.4, 0.5) is 0 Å². The third-order valence-electron chi connectivity index (χ3n) is 3.50. The normalized spacial score (nSPS) is 19.5. The van der Waals surface area contributed by atoms with Gasteiger partial charge in [-0.15, -0.1) is 0 Å². The van der Waals surface area contributed by atoms with Crippen LogP contribution in [0.15, 0.2) is 36.5 Å². The number of esters is 2. The van der Waals surface area contributed by atoms with E-state index >= 15 is 0 Å². The second-order valence-corrected chi connectivity index (χ2v) is 5.10. The largest absolute Gasteiger partial charge is 0.454 e. The summed E-state index contributed by atoms with van der Waals surface area (Å²) in [5.41, 5.74) is 2.54. The molecule has 3 rings (SSSR count). The maximum absolute atomic E-state index is 11.5. The maximum atomic E-state index is 11.5. The Labute approximate surface area is 127 Å². The van der Waals surface area contributed by atoms with Crippen molar-refractivity contribution < 1.29 is 19.1 Å². The summed E-state index contributed by atoms with van der Waals surface area (Å²) in [6.45, 7) is 2.67. The summed E-state index contributed by atoms with van der Waals surface area (Å²) in [5, 5.41) is 0.882. The van der Waals surface area contributed by atoms with Gasteiger partial charge in [-0.3, -0.25) is 14.6 Å². The molecule has 0 saturated heterocycles. The number of rotatable bonds is 2. The fraction of sp³-hybridized carbons (Fsp3) is 0.235. The molecule has 0 fully saturated rings. The number of hydrogen-bond acceptors (Lipinski definition) is 5. The smallest absolute Gasteiger partial charge is 0.303 e. The summed E-state index contributed by atoms with van der Waals surface area (Å²) in [7, 11) is 0. The monoisotopic (exact) mass is 297 g/mol. The Kier molecular flexibility index (Phi) is 3.63. The lowest BCUT2D eigenvalue weighted by atomic mass is 9.89. The first-order valence-electron chi connectivity index (χ1n) is 6.96. The van der Waals surface area contributed by atoms with Gasteiger partial charge in [-0.1, -0.05) is 18.2 Å². The predicted molar refractivity (Wildman–Crippen MR) is 80.8 cm³/mol. The van der Waals surface area contributed by atoms with Crippen LogP contribution in [0, 0.1) is 0 Å². The number of carbonyl (C=O) groups excluding carboxylic acids is 2. The fourth-order valence-corrected chi connectivity index (χ4v) is 2.72. The first-order valence-corrected chi connectivity index (χ1v) is 6.96. The molecule has 0 amide bonds. The molecule has 1 aliphatic rings. The van der Waals surface area contributed by atoms with Gasteiger partial charge in [0, 0.05) is 31.0 Å². The van der Waals surface area contributed by atoms with Gasteiger partial charge in [0.25, 0.3) is 0 Å². The lowest BCUT2D eigenvalue weighted by Crippen LogP contribution is -2.29. The Morgan fingerprint density at radius 1 is 1.09 bits per heavy atom. The highest BCUT2D eigenvalue weighted by Gasteiger charge is 2.32. The van der Waals surface area contributed by atoms with E-state index in [2.05, 4.69) is 4.98 Å². The number of aromatic nitrogens is 1. The summed E-state index contributed by atoms with van der Waals surface area (Å²) in [6, 6.07) is 7.57. The molecule has 2 unspecified atom stereocenters. The van der Waals surface area contributed by atoms with Gasteiger partial charge in [0.15, 0.2) is 12.2 Å². The van der Waals surface area contributed by atoms with Crippen LogP contribution in [0.25, 0.3) is 17.0 Å². The van der Waals surface area contributed by atoms with Gasteiger partial charge in [0.05, 0.1) is 5.52 Å². The number of carbonyl (C=O) groups is 2. The minimum absolute atomic E-state index is 0.423. The molecular weight excluding hydrogens is 282 g/mol. The van der Waals surface area contributed by atoms with Crippen molar-refractivity contribution in [3.63, 3.8) is 0 Å². The zero-order valence-corrected chi connectivity index (χ0v) is 12.3. The van der Waals surface area contributed by atoms with E-state index in [0.29, 0.717) is 0 Å². The second kappa shape index (κ2) is 5.60. The molecule has 1 aromatic heterocycles. The molecule has 0 spiro atoms. The number of pyridine rings is 1. The van der Waals surface area contributed by atoms with Gasteiger partial charge in [-0.05, 0) is 23.8 Å². The number of ether oxygens (including phenoxy) is 2. The van der Waals surface area contributed by atoms with Crippen LogP contribution in [-0.4, -0.2) is 23.0 Å². The van der Waals surface area contributed by atoms with Gasteiger partial charge < -0.3 is 9.47 Å². The van der Waals surface area contributed by atoms with Crippen LogP contribution in [0.3, 0.4) is 0 Å². The SMILES string of the molecule is CC(=O)OC1C=Cc2ccc3ncccc3c2C1OC(C)=O. The van der Waals surface area contributed by atoms with Crippen LogP contribution in [-0.2, 0) is 19.1 Å². The van der Waals surface area contributed by atoms with E-state index in [1.54, 1.807) is 12.3 Å². The minimum atomic E-state index is -0.672. The van der Waals surface area contributed by atoms with Crippen molar-refractivity contribution in [2.24, 2.45) is 0 Å². The van der Waals surface area contributed by atoms with Crippen LogP contribution < -0.4 is 0 Å². The van der Waals surface area contributed by atoms with Crippen LogP contribution in [0.1, 0.15) is 31.1 Å². The van der Waals surface area contributed by atoms with Crippen molar-refractivity contribution in [2.75, 3.05) is 0 Å². The molecule has 1 aliphatic carbocycles. The van der Waals surface area contributed by atoms with E-state index in [9.17, 15) is 9.59 Å². The Bertz CT molecular complexity index is 781. The number of nitrogens with zero attached hydrogens (tertiary/aromatic N) is 1. The number of benzene rings is 1. The summed E-state index contributed by atoms with van der Waals surface area (Å²) >= 11 is 0. The van der Waals surface area contributed by atoms with E-state index in [-0.39, 0.29) is 0 Å². The summed E-state index contributed by atoms with van der Waals surface area (Å²) in [4.78, 5) is 27.1. The molecule has 112 valence electrons. The van der Waals surface area contributed by atoms with E-state index in [4.69, 9.17) is 9.47 Å². The molecular formula is C17H15NO4. The highest BCUT2D eigenvalue weighted by Crippen LogP contribution is 2.37. The van der Waals surface area contributed by atoms with E-state index < -0.39 is 24.1 Å². The molecule has 5 heteroatoms. The highest BCUT2D eigenvalue weighted by molar-refractivity contribution is 5.87. The highest BCUT2D eigenvalue weighted by atomic mass is 16.6. The molecule has 0 radical (unpaired) electrons. The fourth-order valence-electron chi connectivity index (χ4n) is 2.72. The minimum Gasteiger partial charge on any atom is -0.454 e. The van der Waals surface area contributed by atoms with Crippen molar-refractivity contribution in [2.45, 2.75) is 26.1 Å². The molecule has 0 aliphatic heterocycles. The van der Waals surface area contributed by atoms with Gasteiger partial charge in [-0.25, -0.2) is 0 Å². The molecule has 22 heavy (non-hydrogen) atoms. The van der Waals surface area contributed by atoms with Crippen molar-refractivity contribution in [3.05, 3.63) is 47.7 Å². The molecule has 2 atom stereocenters. The third kappa shape index (κ3) is 2.57.